The van der Waals surface area contributed by atoms with E-state index in [2.05, 4.69) is 25.6 Å². The van der Waals surface area contributed by atoms with Gasteiger partial charge in [-0.2, -0.15) is 4.79 Å². The second kappa shape index (κ2) is 2.00. The van der Waals surface area contributed by atoms with Gasteiger partial charge in [-0.3, -0.25) is 0 Å². The van der Waals surface area contributed by atoms with Gasteiger partial charge in [0, 0.05) is 6.42 Å². The van der Waals surface area contributed by atoms with Gasteiger partial charge in [0.25, 0.3) is 5.71 Å². The maximum absolute atomic E-state index is 8.87. The van der Waals surface area contributed by atoms with Crippen molar-refractivity contribution in [2.75, 3.05) is 0 Å². The summed E-state index contributed by atoms with van der Waals surface area (Å²) in [4.78, 5) is 3.45. The highest BCUT2D eigenvalue weighted by Gasteiger charge is 2.64. The zero-order chi connectivity index (χ0) is 8.98. The molecule has 0 saturated heterocycles. The molecule has 66 valence electrons. The van der Waals surface area contributed by atoms with Crippen LogP contribution >= 0.6 is 0 Å². The molecule has 0 amide bonds. The van der Waals surface area contributed by atoms with Gasteiger partial charge < -0.3 is 5.53 Å². The quantitative estimate of drug-likeness (QED) is 0.389. The summed E-state index contributed by atoms with van der Waals surface area (Å²) >= 11 is 0. The van der Waals surface area contributed by atoms with Crippen LogP contribution in [-0.2, 0) is 0 Å². The van der Waals surface area contributed by atoms with Gasteiger partial charge in [0.15, 0.2) is 0 Å². The summed E-state index contributed by atoms with van der Waals surface area (Å²) in [5.74, 6) is 0.744. The molecule has 0 spiro atoms. The molecule has 2 aliphatic carbocycles. The van der Waals surface area contributed by atoms with E-state index in [1.807, 2.05) is 0 Å². The zero-order valence-electron chi connectivity index (χ0n) is 8.09. The maximum atomic E-state index is 8.87. The number of hydrogen-bond acceptors (Lipinski definition) is 0. The molecular formula is C10H16N2. The van der Waals surface area contributed by atoms with Crippen molar-refractivity contribution in [3.05, 3.63) is 5.53 Å². The molecule has 2 bridgehead atoms. The molecule has 0 radical (unpaired) electrons. The Labute approximate surface area is 73.6 Å². The standard InChI is InChI=1S/C10H16N2/c1-9(2)7-4-5-10(9,3)8(6-7)12-11/h7H,4-6H2,1-3H3/t7-,10+/m1/s1. The maximum Gasteiger partial charge on any atom is 0.275 e. The molecule has 0 heterocycles. The number of rotatable bonds is 0. The van der Waals surface area contributed by atoms with Crippen molar-refractivity contribution in [3.8, 4) is 0 Å². The molecule has 0 aliphatic heterocycles. The van der Waals surface area contributed by atoms with Gasteiger partial charge in [-0.05, 0) is 31.1 Å². The number of hydrogen-bond donors (Lipinski definition) is 0. The van der Waals surface area contributed by atoms with Gasteiger partial charge in [-0.15, -0.1) is 0 Å². The summed E-state index contributed by atoms with van der Waals surface area (Å²) in [7, 11) is 0. The third-order valence-electron chi connectivity index (χ3n) is 4.63. The van der Waals surface area contributed by atoms with Crippen molar-refractivity contribution < 1.29 is 4.79 Å². The van der Waals surface area contributed by atoms with Crippen molar-refractivity contribution in [1.82, 2.24) is 0 Å². The Morgan fingerprint density at radius 1 is 1.42 bits per heavy atom. The van der Waals surface area contributed by atoms with Gasteiger partial charge >= 0.3 is 0 Å². The lowest BCUT2D eigenvalue weighted by Crippen LogP contribution is -2.32. The highest BCUT2D eigenvalue weighted by molar-refractivity contribution is 5.89. The fourth-order valence-corrected chi connectivity index (χ4v) is 3.08. The predicted octanol–water partition coefficient (Wildman–Crippen LogP) is 2.50. The minimum Gasteiger partial charge on any atom is -0.362 e. The molecule has 0 unspecified atom stereocenters. The molecule has 12 heavy (non-hydrogen) atoms. The number of nitrogens with zero attached hydrogens (tertiary/aromatic N) is 2. The summed E-state index contributed by atoms with van der Waals surface area (Å²) in [6.45, 7) is 6.86. The van der Waals surface area contributed by atoms with E-state index in [-0.39, 0.29) is 5.41 Å². The van der Waals surface area contributed by atoms with Gasteiger partial charge in [0.1, 0.15) is 0 Å². The first-order valence-electron chi connectivity index (χ1n) is 4.74. The van der Waals surface area contributed by atoms with E-state index < -0.39 is 0 Å². The highest BCUT2D eigenvalue weighted by atomic mass is 14.9. The van der Waals surface area contributed by atoms with Crippen molar-refractivity contribution in [2.24, 2.45) is 16.7 Å². The average Bonchev–Trinajstić information content (AvgIpc) is 2.34. The second-order valence-electron chi connectivity index (χ2n) is 5.04. The first-order valence-corrected chi connectivity index (χ1v) is 4.74. The molecule has 0 aromatic rings. The van der Waals surface area contributed by atoms with E-state index in [4.69, 9.17) is 5.53 Å². The van der Waals surface area contributed by atoms with E-state index in [0.717, 1.165) is 18.1 Å². The normalized spacial score (nSPS) is 43.2. The minimum absolute atomic E-state index is 0.173. The molecular weight excluding hydrogens is 148 g/mol. The molecule has 0 aromatic heterocycles. The van der Waals surface area contributed by atoms with Crippen molar-refractivity contribution in [3.63, 3.8) is 0 Å². The van der Waals surface area contributed by atoms with Gasteiger partial charge in [0.05, 0.1) is 5.41 Å². The zero-order valence-corrected chi connectivity index (χ0v) is 8.09. The average molecular weight is 164 g/mol. The van der Waals surface area contributed by atoms with Crippen LogP contribution in [0.25, 0.3) is 5.53 Å². The molecule has 2 rings (SSSR count). The Morgan fingerprint density at radius 2 is 2.08 bits per heavy atom. The summed E-state index contributed by atoms with van der Waals surface area (Å²) in [5.41, 5.74) is 10.4. The molecule has 0 N–H and O–H groups in total. The fraction of sp³-hybridized carbons (Fsp3) is 0.900. The summed E-state index contributed by atoms with van der Waals surface area (Å²) in [6.07, 6.45) is 3.52. The number of fused-ring (bicyclic) bond motifs is 2. The van der Waals surface area contributed by atoms with Gasteiger partial charge in [-0.25, -0.2) is 0 Å². The van der Waals surface area contributed by atoms with Crippen LogP contribution in [0.5, 0.6) is 0 Å². The van der Waals surface area contributed by atoms with E-state index in [9.17, 15) is 0 Å². The van der Waals surface area contributed by atoms with E-state index in [1.165, 1.54) is 12.8 Å². The highest BCUT2D eigenvalue weighted by Crippen LogP contribution is 2.63. The molecule has 2 saturated carbocycles. The molecule has 2 aliphatic rings. The third kappa shape index (κ3) is 0.628. The predicted molar refractivity (Wildman–Crippen MR) is 47.9 cm³/mol. The van der Waals surface area contributed by atoms with Crippen molar-refractivity contribution >= 4 is 5.71 Å². The summed E-state index contributed by atoms with van der Waals surface area (Å²) in [6, 6.07) is 0. The van der Waals surface area contributed by atoms with Crippen LogP contribution < -0.4 is 0 Å². The Balaban J connectivity index is 2.53. The lowest BCUT2D eigenvalue weighted by molar-refractivity contribution is -0.0248. The fourth-order valence-electron chi connectivity index (χ4n) is 3.08. The molecule has 2 heteroatoms. The SMILES string of the molecule is CC1(C)[C@@H]2CC[C@@]1(C)C(=[N+]=[N-])C2. The lowest BCUT2D eigenvalue weighted by Gasteiger charge is -2.30. The van der Waals surface area contributed by atoms with Crippen LogP contribution in [0.3, 0.4) is 0 Å². The molecule has 2 atom stereocenters. The largest absolute Gasteiger partial charge is 0.362 e. The van der Waals surface area contributed by atoms with Crippen LogP contribution in [0.2, 0.25) is 0 Å². The summed E-state index contributed by atoms with van der Waals surface area (Å²) < 4.78 is 0. The van der Waals surface area contributed by atoms with E-state index in [0.29, 0.717) is 5.41 Å². The van der Waals surface area contributed by atoms with E-state index >= 15 is 0 Å². The third-order valence-corrected chi connectivity index (χ3v) is 4.63. The van der Waals surface area contributed by atoms with Crippen LogP contribution in [0.15, 0.2) is 0 Å². The monoisotopic (exact) mass is 164 g/mol. The van der Waals surface area contributed by atoms with E-state index in [1.54, 1.807) is 0 Å². The molecule has 2 fully saturated rings. The van der Waals surface area contributed by atoms with Crippen LogP contribution in [0.1, 0.15) is 40.0 Å². The Morgan fingerprint density at radius 3 is 2.33 bits per heavy atom. The molecule has 2 nitrogen and oxygen atoms in total. The smallest absolute Gasteiger partial charge is 0.275 e. The van der Waals surface area contributed by atoms with Crippen molar-refractivity contribution in [2.45, 2.75) is 40.0 Å². The Bertz CT molecular complexity index is 274. The second-order valence-corrected chi connectivity index (χ2v) is 5.04. The van der Waals surface area contributed by atoms with Crippen LogP contribution in [-0.4, -0.2) is 10.5 Å². The Kier molecular flexibility index (Phi) is 1.33. The van der Waals surface area contributed by atoms with Gasteiger partial charge in [-0.1, -0.05) is 13.8 Å². The lowest BCUT2D eigenvalue weighted by atomic mass is 9.70. The topological polar surface area (TPSA) is 36.4 Å². The van der Waals surface area contributed by atoms with Crippen molar-refractivity contribution in [1.29, 1.82) is 0 Å². The van der Waals surface area contributed by atoms with Crippen LogP contribution in [0.4, 0.5) is 0 Å². The summed E-state index contributed by atoms with van der Waals surface area (Å²) in [5, 5.41) is 0. The Hall–Kier alpha value is -0.620. The first kappa shape index (κ1) is 8.00. The minimum atomic E-state index is 0.173. The van der Waals surface area contributed by atoms with Crippen LogP contribution in [0, 0.1) is 16.7 Å². The first-order chi connectivity index (χ1) is 5.52. The molecule has 0 aromatic carbocycles. The van der Waals surface area contributed by atoms with Gasteiger partial charge in [0.2, 0.25) is 0 Å².